The van der Waals surface area contributed by atoms with Gasteiger partial charge in [0.05, 0.1) is 17.9 Å². The highest BCUT2D eigenvalue weighted by Gasteiger charge is 2.23. The fraction of sp³-hybridized carbons (Fsp3) is 0.346. The quantitative estimate of drug-likeness (QED) is 0.228. The highest BCUT2D eigenvalue weighted by atomic mass is 19.1. The van der Waals surface area contributed by atoms with Crippen LogP contribution in [0.25, 0.3) is 22.3 Å². The molecule has 5 rings (SSSR count). The molecule has 1 aromatic carbocycles. The molecule has 192 valence electrons. The van der Waals surface area contributed by atoms with Gasteiger partial charge in [0.25, 0.3) is 0 Å². The van der Waals surface area contributed by atoms with Crippen molar-refractivity contribution in [2.24, 2.45) is 5.16 Å². The van der Waals surface area contributed by atoms with E-state index < -0.39 is 11.6 Å². The van der Waals surface area contributed by atoms with Crippen LogP contribution in [0.5, 0.6) is 0 Å². The SMILES string of the molecule is Cc1nc2c(F)cc(-c3nc(Nc4ccc5c(n4)CCN(CC=NO)C5)ncc3F)cc2n1C(C)(C)C. The Morgan fingerprint density at radius 1 is 1.14 bits per heavy atom. The van der Waals surface area contributed by atoms with Crippen LogP contribution in [0.4, 0.5) is 20.5 Å². The van der Waals surface area contributed by atoms with E-state index in [1.54, 1.807) is 6.07 Å². The van der Waals surface area contributed by atoms with E-state index in [4.69, 9.17) is 5.21 Å². The van der Waals surface area contributed by atoms with Gasteiger partial charge in [0.15, 0.2) is 11.6 Å². The fourth-order valence-electron chi connectivity index (χ4n) is 4.83. The van der Waals surface area contributed by atoms with E-state index in [-0.39, 0.29) is 22.7 Å². The lowest BCUT2D eigenvalue weighted by molar-refractivity contribution is 0.280. The zero-order valence-electron chi connectivity index (χ0n) is 21.1. The highest BCUT2D eigenvalue weighted by Crippen LogP contribution is 2.32. The third-order valence-electron chi connectivity index (χ3n) is 6.36. The van der Waals surface area contributed by atoms with Crippen molar-refractivity contribution in [1.29, 1.82) is 0 Å². The number of nitrogens with one attached hydrogen (secondary N) is 1. The number of hydrogen-bond donors (Lipinski definition) is 2. The van der Waals surface area contributed by atoms with Crippen molar-refractivity contribution in [1.82, 2.24) is 29.4 Å². The first-order valence-corrected chi connectivity index (χ1v) is 12.0. The summed E-state index contributed by atoms with van der Waals surface area (Å²) >= 11 is 0. The molecule has 0 saturated carbocycles. The van der Waals surface area contributed by atoms with Crippen LogP contribution in [0, 0.1) is 18.6 Å². The summed E-state index contributed by atoms with van der Waals surface area (Å²) in [5.74, 6) is 0.160. The Balaban J connectivity index is 1.46. The lowest BCUT2D eigenvalue weighted by Crippen LogP contribution is -2.32. The van der Waals surface area contributed by atoms with Gasteiger partial charge < -0.3 is 15.1 Å². The number of benzene rings is 1. The summed E-state index contributed by atoms with van der Waals surface area (Å²) in [5, 5.41) is 14.8. The van der Waals surface area contributed by atoms with E-state index in [9.17, 15) is 4.39 Å². The van der Waals surface area contributed by atoms with E-state index >= 15 is 4.39 Å². The zero-order valence-corrected chi connectivity index (χ0v) is 21.1. The van der Waals surface area contributed by atoms with E-state index in [2.05, 4.69) is 35.3 Å². The highest BCUT2D eigenvalue weighted by molar-refractivity contribution is 5.83. The molecule has 0 spiro atoms. The predicted molar refractivity (Wildman–Crippen MR) is 137 cm³/mol. The van der Waals surface area contributed by atoms with Gasteiger partial charge in [0.1, 0.15) is 22.9 Å². The smallest absolute Gasteiger partial charge is 0.229 e. The molecule has 11 heteroatoms. The molecule has 0 saturated heterocycles. The number of hydrogen-bond acceptors (Lipinski definition) is 8. The minimum absolute atomic E-state index is 0.0169. The number of imidazole rings is 1. The summed E-state index contributed by atoms with van der Waals surface area (Å²) in [6.07, 6.45) is 3.26. The van der Waals surface area contributed by atoms with Crippen LogP contribution in [0.1, 0.15) is 37.9 Å². The Morgan fingerprint density at radius 2 is 1.95 bits per heavy atom. The monoisotopic (exact) mass is 506 g/mol. The van der Waals surface area contributed by atoms with Crippen molar-refractivity contribution < 1.29 is 14.0 Å². The molecule has 9 nitrogen and oxygen atoms in total. The molecule has 0 aliphatic carbocycles. The van der Waals surface area contributed by atoms with Crippen molar-refractivity contribution in [2.45, 2.75) is 46.2 Å². The summed E-state index contributed by atoms with van der Waals surface area (Å²) in [4.78, 5) is 19.6. The largest absolute Gasteiger partial charge is 0.411 e. The van der Waals surface area contributed by atoms with E-state index in [0.717, 1.165) is 30.4 Å². The van der Waals surface area contributed by atoms with Crippen molar-refractivity contribution in [2.75, 3.05) is 18.4 Å². The van der Waals surface area contributed by atoms with Crippen LogP contribution >= 0.6 is 0 Å². The van der Waals surface area contributed by atoms with Gasteiger partial charge in [-0.25, -0.2) is 28.7 Å². The van der Waals surface area contributed by atoms with Gasteiger partial charge in [-0.15, -0.1) is 5.16 Å². The Labute approximate surface area is 212 Å². The zero-order chi connectivity index (χ0) is 26.3. The van der Waals surface area contributed by atoms with Crippen molar-refractivity contribution in [3.05, 3.63) is 59.2 Å². The number of aromatic nitrogens is 5. The van der Waals surface area contributed by atoms with Crippen LogP contribution in [0.15, 0.2) is 35.6 Å². The fourth-order valence-corrected chi connectivity index (χ4v) is 4.83. The number of fused-ring (bicyclic) bond motifs is 2. The second-order valence-electron chi connectivity index (χ2n) is 10.1. The number of aryl methyl sites for hydroxylation is 1. The molecular weight excluding hydrogens is 478 g/mol. The number of anilines is 2. The Morgan fingerprint density at radius 3 is 2.70 bits per heavy atom. The van der Waals surface area contributed by atoms with E-state index in [1.165, 1.54) is 12.3 Å². The van der Waals surface area contributed by atoms with Gasteiger partial charge >= 0.3 is 0 Å². The second kappa shape index (κ2) is 9.47. The maximum Gasteiger partial charge on any atom is 0.229 e. The molecular formula is C26H28F2N8O. The third kappa shape index (κ3) is 4.86. The number of pyridine rings is 1. The van der Waals surface area contributed by atoms with Crippen LogP contribution < -0.4 is 5.32 Å². The van der Waals surface area contributed by atoms with E-state index in [0.29, 0.717) is 35.8 Å². The topological polar surface area (TPSA) is 104 Å². The van der Waals surface area contributed by atoms with Gasteiger partial charge in [-0.3, -0.25) is 4.90 Å². The minimum atomic E-state index is -0.659. The van der Waals surface area contributed by atoms with Crippen LogP contribution in [0.3, 0.4) is 0 Å². The van der Waals surface area contributed by atoms with Crippen LogP contribution in [0.2, 0.25) is 0 Å². The van der Waals surface area contributed by atoms with Crippen LogP contribution in [-0.2, 0) is 18.5 Å². The molecule has 0 unspecified atom stereocenters. The normalized spacial score (nSPS) is 14.4. The Kier molecular flexibility index (Phi) is 6.32. The van der Waals surface area contributed by atoms with Crippen LogP contribution in [-0.4, -0.2) is 53.9 Å². The van der Waals surface area contributed by atoms with Gasteiger partial charge in [-0.1, -0.05) is 6.07 Å². The average molecular weight is 507 g/mol. The number of rotatable bonds is 5. The first kappa shape index (κ1) is 24.7. The van der Waals surface area contributed by atoms with Crippen molar-refractivity contribution >= 4 is 29.0 Å². The molecule has 1 aliphatic rings. The molecule has 0 bridgehead atoms. The minimum Gasteiger partial charge on any atom is -0.411 e. The van der Waals surface area contributed by atoms with Gasteiger partial charge in [-0.2, -0.15) is 0 Å². The molecule has 4 aromatic rings. The molecule has 0 amide bonds. The van der Waals surface area contributed by atoms with Gasteiger partial charge in [0.2, 0.25) is 5.95 Å². The third-order valence-corrected chi connectivity index (χ3v) is 6.36. The Hall–Kier alpha value is -3.99. The maximum absolute atomic E-state index is 15.1. The summed E-state index contributed by atoms with van der Waals surface area (Å²) < 4.78 is 31.9. The van der Waals surface area contributed by atoms with Crippen molar-refractivity contribution in [3.63, 3.8) is 0 Å². The molecule has 0 radical (unpaired) electrons. The lowest BCUT2D eigenvalue weighted by Gasteiger charge is -2.26. The standard InChI is InChI=1S/C26H28F2N8O/c1-15-31-24-18(27)11-17(12-21(24)36(15)26(2,3)4)23-19(28)13-29-25(34-23)33-22-6-5-16-14-35(10-8-30-37)9-7-20(16)32-22/h5-6,8,11-13,37H,7,9-10,14H2,1-4H3,(H,29,32,33,34). The Bertz CT molecular complexity index is 1510. The molecule has 3 aromatic heterocycles. The number of oxime groups is 1. The molecule has 1 aliphatic heterocycles. The molecule has 0 atom stereocenters. The molecule has 0 fully saturated rings. The number of halogens is 2. The van der Waals surface area contributed by atoms with Gasteiger partial charge in [0, 0.05) is 42.9 Å². The maximum atomic E-state index is 15.1. The van der Waals surface area contributed by atoms with Crippen molar-refractivity contribution in [3.8, 4) is 11.3 Å². The van der Waals surface area contributed by atoms with E-state index in [1.807, 2.05) is 44.4 Å². The first-order chi connectivity index (χ1) is 17.6. The summed E-state index contributed by atoms with van der Waals surface area (Å²) in [6, 6.07) is 6.74. The number of nitrogens with zero attached hydrogens (tertiary/aromatic N) is 7. The predicted octanol–water partition coefficient (Wildman–Crippen LogP) is 4.79. The lowest BCUT2D eigenvalue weighted by atomic mass is 10.1. The summed E-state index contributed by atoms with van der Waals surface area (Å²) in [7, 11) is 0. The molecule has 4 heterocycles. The molecule has 37 heavy (non-hydrogen) atoms. The summed E-state index contributed by atoms with van der Waals surface area (Å²) in [6.45, 7) is 9.88. The summed E-state index contributed by atoms with van der Waals surface area (Å²) in [5.41, 5.74) is 2.77. The molecule has 2 N–H and O–H groups in total. The average Bonchev–Trinajstić information content (AvgIpc) is 3.20. The van der Waals surface area contributed by atoms with Gasteiger partial charge in [-0.05, 0) is 51.5 Å². The second-order valence-corrected chi connectivity index (χ2v) is 10.1. The first-order valence-electron chi connectivity index (χ1n) is 12.0.